The van der Waals surface area contributed by atoms with E-state index in [1.165, 1.54) is 0 Å². The zero-order valence-corrected chi connectivity index (χ0v) is 19.2. The molecule has 0 bridgehead atoms. The van der Waals surface area contributed by atoms with E-state index >= 15 is 0 Å². The number of hydrogen-bond donors (Lipinski definition) is 0. The average Bonchev–Trinajstić information content (AvgIpc) is 2.70. The van der Waals surface area contributed by atoms with Crippen LogP contribution in [0.2, 0.25) is 0 Å². The molecule has 2 aliphatic rings. The lowest BCUT2D eigenvalue weighted by molar-refractivity contribution is -0.197. The van der Waals surface area contributed by atoms with Crippen molar-refractivity contribution in [3.63, 3.8) is 0 Å². The van der Waals surface area contributed by atoms with Crippen molar-refractivity contribution in [3.05, 3.63) is 23.8 Å². The van der Waals surface area contributed by atoms with Gasteiger partial charge in [0, 0.05) is 18.3 Å². The van der Waals surface area contributed by atoms with Gasteiger partial charge in [0.2, 0.25) is 0 Å². The second-order valence-electron chi connectivity index (χ2n) is 9.00. The maximum Gasteiger partial charge on any atom is 0.306 e. The topological polar surface area (TPSA) is 61.8 Å². The number of allylic oxidation sites excluding steroid dienone is 3. The summed E-state index contributed by atoms with van der Waals surface area (Å²) in [5, 5.41) is 0. The molecule has 0 spiro atoms. The fourth-order valence-corrected chi connectivity index (χ4v) is 3.97. The van der Waals surface area contributed by atoms with E-state index in [1.807, 2.05) is 32.9 Å². The molecule has 1 fully saturated rings. The van der Waals surface area contributed by atoms with Gasteiger partial charge < -0.3 is 14.2 Å². The largest absolute Gasteiger partial charge is 0.462 e. The molecular weight excluding hydrogens is 380 g/mol. The molecule has 2 rings (SSSR count). The molecule has 170 valence electrons. The predicted molar refractivity (Wildman–Crippen MR) is 118 cm³/mol. The Hall–Kier alpha value is -1.46. The van der Waals surface area contributed by atoms with Crippen molar-refractivity contribution in [2.45, 2.75) is 104 Å². The standard InChI is InChI=1S/C25H40O5/c1-18-14-15-23(26)19(2)10-7-5-6-8-12-24(27)30-21(4)22(16-18)17-28-25-13-9-11-20(3)29-25/h14-16,19-22,25H,5-13,17H2,1-4H3/b15-14+,18-16+/t19-,20-,21-,22-,25-/m1/s1. The van der Waals surface area contributed by atoms with Gasteiger partial charge in [0.05, 0.1) is 12.7 Å². The van der Waals surface area contributed by atoms with E-state index in [0.29, 0.717) is 13.0 Å². The Morgan fingerprint density at radius 1 is 0.967 bits per heavy atom. The number of esters is 1. The minimum absolute atomic E-state index is 0.0374. The van der Waals surface area contributed by atoms with Crippen molar-refractivity contribution in [2.75, 3.05) is 6.61 Å². The van der Waals surface area contributed by atoms with Gasteiger partial charge in [-0.15, -0.1) is 0 Å². The second-order valence-corrected chi connectivity index (χ2v) is 9.00. The highest BCUT2D eigenvalue weighted by molar-refractivity contribution is 5.91. The second kappa shape index (κ2) is 13.1. The summed E-state index contributed by atoms with van der Waals surface area (Å²) in [7, 11) is 0. The van der Waals surface area contributed by atoms with Gasteiger partial charge in [-0.05, 0) is 59.0 Å². The fourth-order valence-electron chi connectivity index (χ4n) is 3.97. The molecular formula is C25H40O5. The average molecular weight is 421 g/mol. The Bertz CT molecular complexity index is 609. The molecule has 0 radical (unpaired) electrons. The lowest BCUT2D eigenvalue weighted by Crippen LogP contribution is -2.32. The molecule has 30 heavy (non-hydrogen) atoms. The smallest absolute Gasteiger partial charge is 0.306 e. The van der Waals surface area contributed by atoms with E-state index in [-0.39, 0.29) is 42.1 Å². The van der Waals surface area contributed by atoms with Gasteiger partial charge >= 0.3 is 5.97 Å². The van der Waals surface area contributed by atoms with Gasteiger partial charge in [0.15, 0.2) is 12.1 Å². The SMILES string of the molecule is CC1=C\[C@H](CO[C@H]2CCC[C@@H](C)O2)[C@@H](C)OC(=O)CCCCCC[C@@H](C)C(=O)\C=C\1. The van der Waals surface area contributed by atoms with E-state index < -0.39 is 0 Å². The summed E-state index contributed by atoms with van der Waals surface area (Å²) in [5.74, 6) is -0.0331. The van der Waals surface area contributed by atoms with Crippen molar-refractivity contribution in [1.82, 2.24) is 0 Å². The van der Waals surface area contributed by atoms with Crippen LogP contribution in [-0.4, -0.2) is 36.9 Å². The van der Waals surface area contributed by atoms with Crippen LogP contribution in [0, 0.1) is 11.8 Å². The molecule has 0 aromatic carbocycles. The highest BCUT2D eigenvalue weighted by atomic mass is 16.7. The molecule has 0 amide bonds. The van der Waals surface area contributed by atoms with Gasteiger partial charge in [-0.3, -0.25) is 9.59 Å². The van der Waals surface area contributed by atoms with Crippen LogP contribution in [0.1, 0.15) is 85.5 Å². The first-order valence-corrected chi connectivity index (χ1v) is 11.7. The maximum atomic E-state index is 12.4. The van der Waals surface area contributed by atoms with E-state index in [2.05, 4.69) is 6.92 Å². The normalized spacial score (nSPS) is 35.9. The van der Waals surface area contributed by atoms with Gasteiger partial charge in [0.1, 0.15) is 6.10 Å². The molecule has 5 nitrogen and oxygen atoms in total. The van der Waals surface area contributed by atoms with Crippen LogP contribution >= 0.6 is 0 Å². The highest BCUT2D eigenvalue weighted by Crippen LogP contribution is 2.22. The molecule has 5 atom stereocenters. The molecule has 2 heterocycles. The molecule has 0 N–H and O–H groups in total. The first-order chi connectivity index (χ1) is 14.3. The predicted octanol–water partition coefficient (Wildman–Crippen LogP) is 5.53. The van der Waals surface area contributed by atoms with Gasteiger partial charge in [0.25, 0.3) is 0 Å². The first kappa shape index (κ1) is 24.8. The summed E-state index contributed by atoms with van der Waals surface area (Å²) >= 11 is 0. The van der Waals surface area contributed by atoms with Crippen LogP contribution in [0.4, 0.5) is 0 Å². The summed E-state index contributed by atoms with van der Waals surface area (Å²) in [6.45, 7) is 8.37. The summed E-state index contributed by atoms with van der Waals surface area (Å²) < 4.78 is 17.6. The van der Waals surface area contributed by atoms with E-state index in [4.69, 9.17) is 14.2 Å². The lowest BCUT2D eigenvalue weighted by atomic mass is 9.96. The monoisotopic (exact) mass is 420 g/mol. The van der Waals surface area contributed by atoms with Crippen molar-refractivity contribution >= 4 is 11.8 Å². The van der Waals surface area contributed by atoms with Crippen molar-refractivity contribution in [2.24, 2.45) is 11.8 Å². The minimum atomic E-state index is -0.301. The zero-order valence-electron chi connectivity index (χ0n) is 19.2. The van der Waals surface area contributed by atoms with E-state index in [9.17, 15) is 9.59 Å². The third-order valence-corrected chi connectivity index (χ3v) is 6.07. The Morgan fingerprint density at radius 2 is 1.73 bits per heavy atom. The minimum Gasteiger partial charge on any atom is -0.462 e. The molecule has 0 aliphatic carbocycles. The van der Waals surface area contributed by atoms with Crippen molar-refractivity contribution < 1.29 is 23.8 Å². The third-order valence-electron chi connectivity index (χ3n) is 6.07. The van der Waals surface area contributed by atoms with Gasteiger partial charge in [-0.2, -0.15) is 0 Å². The van der Waals surface area contributed by atoms with E-state index in [0.717, 1.165) is 56.9 Å². The number of ether oxygens (including phenoxy) is 3. The van der Waals surface area contributed by atoms with Crippen LogP contribution in [0.5, 0.6) is 0 Å². The number of cyclic esters (lactones) is 1. The third kappa shape index (κ3) is 9.13. The van der Waals surface area contributed by atoms with Crippen molar-refractivity contribution in [1.29, 1.82) is 0 Å². The van der Waals surface area contributed by atoms with Crippen LogP contribution in [0.25, 0.3) is 0 Å². The molecule has 2 aliphatic heterocycles. The maximum absolute atomic E-state index is 12.4. The number of hydrogen-bond acceptors (Lipinski definition) is 5. The van der Waals surface area contributed by atoms with Crippen LogP contribution < -0.4 is 0 Å². The summed E-state index contributed by atoms with van der Waals surface area (Å²) in [6, 6.07) is 0. The fraction of sp³-hybridized carbons (Fsp3) is 0.760. The van der Waals surface area contributed by atoms with Gasteiger partial charge in [-0.25, -0.2) is 0 Å². The van der Waals surface area contributed by atoms with Crippen LogP contribution in [0.3, 0.4) is 0 Å². The van der Waals surface area contributed by atoms with Crippen LogP contribution in [0.15, 0.2) is 23.8 Å². The highest BCUT2D eigenvalue weighted by Gasteiger charge is 2.24. The Morgan fingerprint density at radius 3 is 2.50 bits per heavy atom. The first-order valence-electron chi connectivity index (χ1n) is 11.7. The Balaban J connectivity index is 2.09. The molecule has 1 saturated heterocycles. The molecule has 0 saturated carbocycles. The summed E-state index contributed by atoms with van der Waals surface area (Å²) in [5.41, 5.74) is 0.970. The molecule has 5 heteroatoms. The Labute approximate surface area is 182 Å². The number of rotatable bonds is 3. The summed E-state index contributed by atoms with van der Waals surface area (Å²) in [6.07, 6.45) is 13.6. The molecule has 0 aromatic rings. The number of carbonyl (C=O) groups is 2. The van der Waals surface area contributed by atoms with Gasteiger partial charge in [-0.1, -0.05) is 43.9 Å². The van der Waals surface area contributed by atoms with Crippen LogP contribution in [-0.2, 0) is 23.8 Å². The molecule has 0 unspecified atom stereocenters. The zero-order chi connectivity index (χ0) is 21.9. The quantitative estimate of drug-likeness (QED) is 0.562. The summed E-state index contributed by atoms with van der Waals surface area (Å²) in [4.78, 5) is 24.7. The van der Waals surface area contributed by atoms with E-state index in [1.54, 1.807) is 6.08 Å². The number of ketones is 1. The molecule has 0 aromatic heterocycles. The Kier molecular flexibility index (Phi) is 10.8. The van der Waals surface area contributed by atoms with Crippen molar-refractivity contribution in [3.8, 4) is 0 Å². The number of carbonyl (C=O) groups excluding carboxylic acids is 2. The lowest BCUT2D eigenvalue weighted by Gasteiger charge is -2.30.